The van der Waals surface area contributed by atoms with E-state index in [-0.39, 0.29) is 11.4 Å². The Bertz CT molecular complexity index is 362. The van der Waals surface area contributed by atoms with E-state index in [0.29, 0.717) is 13.0 Å². The summed E-state index contributed by atoms with van der Waals surface area (Å²) in [5.74, 6) is 0.186. The highest BCUT2D eigenvalue weighted by molar-refractivity contribution is 5.75. The summed E-state index contributed by atoms with van der Waals surface area (Å²) in [4.78, 5) is 11.8. The molecule has 0 rings (SSSR count). The molecule has 1 amide bonds. The van der Waals surface area contributed by atoms with Gasteiger partial charge in [-0.15, -0.1) is 0 Å². The first-order chi connectivity index (χ1) is 14.5. The molecular formula is C27H56N2O. The molecule has 0 heterocycles. The quantitative estimate of drug-likeness (QED) is 0.163. The van der Waals surface area contributed by atoms with Crippen molar-refractivity contribution in [3.63, 3.8) is 0 Å². The molecular weight excluding hydrogens is 368 g/mol. The molecule has 30 heavy (non-hydrogen) atoms. The summed E-state index contributed by atoms with van der Waals surface area (Å²) >= 11 is 0. The van der Waals surface area contributed by atoms with Crippen LogP contribution in [0.3, 0.4) is 0 Å². The second-order valence-electron chi connectivity index (χ2n) is 10.2. The number of carbonyl (C=O) groups is 1. The summed E-state index contributed by atoms with van der Waals surface area (Å²) in [6.07, 6.45) is 27.8. The first kappa shape index (κ1) is 29.4. The number of unbranched alkanes of at least 4 members (excludes halogenated alkanes) is 18. The van der Waals surface area contributed by atoms with Gasteiger partial charge in [0.15, 0.2) is 0 Å². The molecule has 0 atom stereocenters. The minimum absolute atomic E-state index is 0.186. The summed E-state index contributed by atoms with van der Waals surface area (Å²) < 4.78 is 0. The van der Waals surface area contributed by atoms with E-state index in [1.165, 1.54) is 116 Å². The number of rotatable bonds is 23. The van der Waals surface area contributed by atoms with E-state index in [2.05, 4.69) is 12.2 Å². The fourth-order valence-electron chi connectivity index (χ4n) is 3.98. The second-order valence-corrected chi connectivity index (χ2v) is 10.2. The molecule has 0 aromatic carbocycles. The van der Waals surface area contributed by atoms with Gasteiger partial charge in [0.2, 0.25) is 5.91 Å². The van der Waals surface area contributed by atoms with Crippen molar-refractivity contribution in [1.82, 2.24) is 5.32 Å². The van der Waals surface area contributed by atoms with Crippen molar-refractivity contribution in [1.29, 1.82) is 0 Å². The smallest absolute Gasteiger partial charge is 0.219 e. The predicted octanol–water partition coefficient (Wildman–Crippen LogP) is 8.05. The van der Waals surface area contributed by atoms with E-state index in [0.717, 1.165) is 12.8 Å². The first-order valence-electron chi connectivity index (χ1n) is 13.5. The van der Waals surface area contributed by atoms with Crippen molar-refractivity contribution in [3.05, 3.63) is 0 Å². The molecule has 0 fully saturated rings. The number of nitrogens with one attached hydrogen (secondary N) is 1. The van der Waals surface area contributed by atoms with Gasteiger partial charge in [-0.3, -0.25) is 4.79 Å². The summed E-state index contributed by atoms with van der Waals surface area (Å²) in [5.41, 5.74) is 5.73. The van der Waals surface area contributed by atoms with Gasteiger partial charge in [0.25, 0.3) is 0 Å². The largest absolute Gasteiger partial charge is 0.356 e. The van der Waals surface area contributed by atoms with Crippen LogP contribution >= 0.6 is 0 Å². The van der Waals surface area contributed by atoms with E-state index >= 15 is 0 Å². The van der Waals surface area contributed by atoms with Crippen molar-refractivity contribution in [2.45, 2.75) is 161 Å². The fraction of sp³-hybridized carbons (Fsp3) is 0.963. The Labute approximate surface area is 189 Å². The van der Waals surface area contributed by atoms with Gasteiger partial charge in [-0.05, 0) is 26.7 Å². The molecule has 0 aliphatic rings. The van der Waals surface area contributed by atoms with Crippen LogP contribution in [0.2, 0.25) is 0 Å². The lowest BCUT2D eigenvalue weighted by Crippen LogP contribution is -2.37. The zero-order valence-electron chi connectivity index (χ0n) is 21.0. The van der Waals surface area contributed by atoms with E-state index in [1.54, 1.807) is 0 Å². The van der Waals surface area contributed by atoms with Crippen LogP contribution in [0.15, 0.2) is 0 Å². The Hall–Kier alpha value is -0.570. The monoisotopic (exact) mass is 424 g/mol. The molecule has 0 aliphatic carbocycles. The number of nitrogens with two attached hydrogens (primary N) is 1. The minimum Gasteiger partial charge on any atom is -0.356 e. The highest BCUT2D eigenvalue weighted by Gasteiger charge is 2.10. The third kappa shape index (κ3) is 25.5. The van der Waals surface area contributed by atoms with Crippen LogP contribution < -0.4 is 11.1 Å². The zero-order chi connectivity index (χ0) is 22.3. The van der Waals surface area contributed by atoms with E-state index in [9.17, 15) is 4.79 Å². The molecule has 3 heteroatoms. The Balaban J connectivity index is 3.13. The standard InChI is InChI=1S/C27H56N2O/c1-4-5-6-7-8-9-10-11-12-13-14-15-16-17-18-19-20-21-22-23-26(30)29-25-24-27(2,3)28/h4-25,28H2,1-3H3,(H,29,30). The number of hydrogen-bond acceptors (Lipinski definition) is 2. The van der Waals surface area contributed by atoms with Gasteiger partial charge in [0, 0.05) is 18.5 Å². The van der Waals surface area contributed by atoms with Gasteiger partial charge in [-0.25, -0.2) is 0 Å². The summed E-state index contributed by atoms with van der Waals surface area (Å²) in [6, 6.07) is 0. The lowest BCUT2D eigenvalue weighted by molar-refractivity contribution is -0.121. The summed E-state index contributed by atoms with van der Waals surface area (Å²) in [6.45, 7) is 6.98. The fourth-order valence-corrected chi connectivity index (χ4v) is 3.98. The maximum atomic E-state index is 11.8. The molecule has 3 N–H and O–H groups in total. The average molecular weight is 425 g/mol. The normalized spacial score (nSPS) is 11.7. The Morgan fingerprint density at radius 1 is 0.633 bits per heavy atom. The van der Waals surface area contributed by atoms with Crippen molar-refractivity contribution in [2.24, 2.45) is 5.73 Å². The van der Waals surface area contributed by atoms with Crippen LogP contribution in [-0.4, -0.2) is 18.0 Å². The van der Waals surface area contributed by atoms with Crippen LogP contribution in [0.1, 0.15) is 156 Å². The summed E-state index contributed by atoms with van der Waals surface area (Å²) in [7, 11) is 0. The van der Waals surface area contributed by atoms with Crippen molar-refractivity contribution in [2.75, 3.05) is 6.54 Å². The molecule has 180 valence electrons. The number of carbonyl (C=O) groups excluding carboxylic acids is 1. The van der Waals surface area contributed by atoms with Crippen LogP contribution in [0.4, 0.5) is 0 Å². The van der Waals surface area contributed by atoms with Crippen LogP contribution in [0, 0.1) is 0 Å². The van der Waals surface area contributed by atoms with E-state index in [1.807, 2.05) is 13.8 Å². The van der Waals surface area contributed by atoms with Crippen LogP contribution in [0.5, 0.6) is 0 Å². The molecule has 0 aromatic rings. The lowest BCUT2D eigenvalue weighted by atomic mass is 10.0. The molecule has 0 radical (unpaired) electrons. The molecule has 0 aromatic heterocycles. The average Bonchev–Trinajstić information content (AvgIpc) is 2.68. The molecule has 0 saturated heterocycles. The Kier molecular flexibility index (Phi) is 21.2. The number of amides is 1. The zero-order valence-corrected chi connectivity index (χ0v) is 21.0. The van der Waals surface area contributed by atoms with Gasteiger partial charge in [0.05, 0.1) is 0 Å². The van der Waals surface area contributed by atoms with Gasteiger partial charge in [0.1, 0.15) is 0 Å². The molecule has 3 nitrogen and oxygen atoms in total. The Morgan fingerprint density at radius 2 is 0.967 bits per heavy atom. The number of hydrogen-bond donors (Lipinski definition) is 2. The van der Waals surface area contributed by atoms with Gasteiger partial charge >= 0.3 is 0 Å². The van der Waals surface area contributed by atoms with Gasteiger partial charge in [-0.1, -0.05) is 122 Å². The highest BCUT2D eigenvalue weighted by atomic mass is 16.1. The Morgan fingerprint density at radius 3 is 1.30 bits per heavy atom. The molecule has 0 unspecified atom stereocenters. The van der Waals surface area contributed by atoms with Gasteiger partial charge in [-0.2, -0.15) is 0 Å². The summed E-state index contributed by atoms with van der Waals surface area (Å²) in [5, 5.41) is 2.98. The second kappa shape index (κ2) is 21.7. The topological polar surface area (TPSA) is 55.1 Å². The highest BCUT2D eigenvalue weighted by Crippen LogP contribution is 2.14. The third-order valence-corrected chi connectivity index (χ3v) is 6.10. The van der Waals surface area contributed by atoms with Gasteiger partial charge < -0.3 is 11.1 Å². The molecule has 0 aliphatic heterocycles. The maximum Gasteiger partial charge on any atom is 0.219 e. The van der Waals surface area contributed by atoms with Crippen molar-refractivity contribution >= 4 is 5.91 Å². The van der Waals surface area contributed by atoms with Crippen molar-refractivity contribution in [3.8, 4) is 0 Å². The van der Waals surface area contributed by atoms with Crippen LogP contribution in [0.25, 0.3) is 0 Å². The maximum absolute atomic E-state index is 11.8. The SMILES string of the molecule is CCCCCCCCCCCCCCCCCCCCCC(=O)NCCC(C)(C)N. The molecule has 0 bridgehead atoms. The van der Waals surface area contributed by atoms with E-state index in [4.69, 9.17) is 5.73 Å². The van der Waals surface area contributed by atoms with Crippen molar-refractivity contribution < 1.29 is 4.79 Å². The molecule has 0 spiro atoms. The first-order valence-corrected chi connectivity index (χ1v) is 13.5. The van der Waals surface area contributed by atoms with E-state index < -0.39 is 0 Å². The third-order valence-electron chi connectivity index (χ3n) is 6.10. The lowest BCUT2D eigenvalue weighted by Gasteiger charge is -2.18. The van der Waals surface area contributed by atoms with Crippen LogP contribution in [-0.2, 0) is 4.79 Å². The molecule has 0 saturated carbocycles. The minimum atomic E-state index is -0.194. The predicted molar refractivity (Wildman–Crippen MR) is 134 cm³/mol.